The zero-order chi connectivity index (χ0) is 21.3. The van der Waals surface area contributed by atoms with Crippen LogP contribution in [-0.2, 0) is 6.54 Å². The van der Waals surface area contributed by atoms with E-state index in [2.05, 4.69) is 44.9 Å². The van der Waals surface area contributed by atoms with Gasteiger partial charge < -0.3 is 10.2 Å². The van der Waals surface area contributed by atoms with Crippen molar-refractivity contribution in [2.24, 2.45) is 28.6 Å². The summed E-state index contributed by atoms with van der Waals surface area (Å²) in [7, 11) is 0. The first kappa shape index (κ1) is 20.5. The molecule has 4 aliphatic carbocycles. The number of rotatable bonds is 2. The SMILES string of the molecule is CCn1ncc(/C=C2/C[C@@H]3[C@H]4CC=C5C[C@@H](O)CC[C@]5(C)[C@@H]4CC[C@@]3(C)[C@H]2O)c1C. The molecule has 0 radical (unpaired) electrons. The van der Waals surface area contributed by atoms with Crippen molar-refractivity contribution >= 4 is 6.08 Å². The topological polar surface area (TPSA) is 58.3 Å². The standard InChI is InChI=1S/C26H38N2O2/c1-5-28-16(2)18(15-27-28)12-17-13-23-21-7-6-19-14-20(29)8-10-25(19,3)22(21)9-11-26(23,4)24(17)30/h6,12,15,20-24,29-30H,5,7-11,13-14H2,1-4H3/b17-12-/t20-,21-,22+,23+,24-,25-,26+/m0/s1. The Hall–Kier alpha value is -1.39. The molecule has 0 amide bonds. The lowest BCUT2D eigenvalue weighted by Gasteiger charge is -2.57. The fraction of sp³-hybridized carbons (Fsp3) is 0.731. The second kappa shape index (κ2) is 7.06. The van der Waals surface area contributed by atoms with Gasteiger partial charge in [-0.15, -0.1) is 0 Å². The van der Waals surface area contributed by atoms with Gasteiger partial charge in [0.2, 0.25) is 0 Å². The smallest absolute Gasteiger partial charge is 0.0809 e. The number of allylic oxidation sites excluding steroid dienone is 1. The molecule has 0 saturated heterocycles. The van der Waals surface area contributed by atoms with E-state index in [0.717, 1.165) is 50.6 Å². The van der Waals surface area contributed by atoms with Gasteiger partial charge >= 0.3 is 0 Å². The monoisotopic (exact) mass is 410 g/mol. The lowest BCUT2D eigenvalue weighted by Crippen LogP contribution is -2.51. The lowest BCUT2D eigenvalue weighted by molar-refractivity contribution is -0.0685. The highest BCUT2D eigenvalue weighted by atomic mass is 16.3. The number of aliphatic hydroxyl groups is 2. The highest BCUT2D eigenvalue weighted by Crippen LogP contribution is 2.65. The van der Waals surface area contributed by atoms with Crippen LogP contribution in [0.2, 0.25) is 0 Å². The molecule has 4 aliphatic rings. The minimum Gasteiger partial charge on any atom is -0.393 e. The average molecular weight is 411 g/mol. The number of nitrogens with zero attached hydrogens (tertiary/aromatic N) is 2. The van der Waals surface area contributed by atoms with Gasteiger partial charge in [-0.25, -0.2) is 0 Å². The molecule has 1 aromatic rings. The minimum atomic E-state index is -0.348. The summed E-state index contributed by atoms with van der Waals surface area (Å²) in [5, 5.41) is 26.1. The van der Waals surface area contributed by atoms with Crippen molar-refractivity contribution in [1.82, 2.24) is 9.78 Å². The third-order valence-corrected chi connectivity index (χ3v) is 9.73. The van der Waals surface area contributed by atoms with Gasteiger partial charge in [-0.1, -0.05) is 25.5 Å². The number of hydrogen-bond donors (Lipinski definition) is 2. The van der Waals surface area contributed by atoms with Crippen LogP contribution in [-0.4, -0.2) is 32.2 Å². The molecule has 0 aliphatic heterocycles. The molecule has 7 atom stereocenters. The number of aryl methyl sites for hydroxylation is 1. The van der Waals surface area contributed by atoms with Crippen molar-refractivity contribution in [3.8, 4) is 0 Å². The summed E-state index contributed by atoms with van der Waals surface area (Å²) in [6.45, 7) is 9.93. The van der Waals surface area contributed by atoms with E-state index in [9.17, 15) is 10.2 Å². The van der Waals surface area contributed by atoms with Gasteiger partial charge in [0.05, 0.1) is 18.4 Å². The summed E-state index contributed by atoms with van der Waals surface area (Å²) >= 11 is 0. The largest absolute Gasteiger partial charge is 0.393 e. The Kier molecular flexibility index (Phi) is 4.83. The predicted molar refractivity (Wildman–Crippen MR) is 120 cm³/mol. The van der Waals surface area contributed by atoms with E-state index in [1.54, 1.807) is 0 Å². The second-order valence-corrected chi connectivity index (χ2v) is 11.0. The number of fused-ring (bicyclic) bond motifs is 5. The number of hydrogen-bond acceptors (Lipinski definition) is 3. The van der Waals surface area contributed by atoms with Crippen molar-refractivity contribution in [2.45, 2.75) is 91.4 Å². The van der Waals surface area contributed by atoms with E-state index in [4.69, 9.17) is 0 Å². The predicted octanol–water partition coefficient (Wildman–Crippen LogP) is 4.89. The molecule has 0 aromatic carbocycles. The zero-order valence-corrected chi connectivity index (χ0v) is 19.1. The molecule has 4 heteroatoms. The van der Waals surface area contributed by atoms with Crippen LogP contribution in [0.1, 0.15) is 77.0 Å². The van der Waals surface area contributed by atoms with Crippen molar-refractivity contribution in [3.05, 3.63) is 34.7 Å². The molecular formula is C26H38N2O2. The van der Waals surface area contributed by atoms with Gasteiger partial charge in [0, 0.05) is 23.2 Å². The average Bonchev–Trinajstić information content (AvgIpc) is 3.20. The van der Waals surface area contributed by atoms with E-state index in [0.29, 0.717) is 17.8 Å². The lowest BCUT2D eigenvalue weighted by atomic mass is 9.48. The first-order chi connectivity index (χ1) is 14.3. The molecule has 0 unspecified atom stereocenters. The Bertz CT molecular complexity index is 899. The normalized spacial score (nSPS) is 44.4. The van der Waals surface area contributed by atoms with E-state index >= 15 is 0 Å². The summed E-state index contributed by atoms with van der Waals surface area (Å²) in [5.74, 6) is 1.88. The minimum absolute atomic E-state index is 0.0163. The van der Waals surface area contributed by atoms with Crippen molar-refractivity contribution < 1.29 is 10.2 Å². The third-order valence-electron chi connectivity index (χ3n) is 9.73. The molecule has 30 heavy (non-hydrogen) atoms. The molecule has 5 rings (SSSR count). The van der Waals surface area contributed by atoms with Crippen LogP contribution in [0.25, 0.3) is 6.08 Å². The van der Waals surface area contributed by atoms with Crippen LogP contribution in [0.4, 0.5) is 0 Å². The number of aromatic nitrogens is 2. The van der Waals surface area contributed by atoms with Gasteiger partial charge in [-0.2, -0.15) is 5.10 Å². The van der Waals surface area contributed by atoms with Gasteiger partial charge in [-0.05, 0) is 93.6 Å². The van der Waals surface area contributed by atoms with Crippen LogP contribution < -0.4 is 0 Å². The molecule has 4 nitrogen and oxygen atoms in total. The van der Waals surface area contributed by atoms with E-state index < -0.39 is 0 Å². The first-order valence-electron chi connectivity index (χ1n) is 12.1. The van der Waals surface area contributed by atoms with Crippen LogP contribution >= 0.6 is 0 Å². The van der Waals surface area contributed by atoms with Gasteiger partial charge in [0.15, 0.2) is 0 Å². The van der Waals surface area contributed by atoms with E-state index in [1.165, 1.54) is 23.3 Å². The van der Waals surface area contributed by atoms with Gasteiger partial charge in [-0.3, -0.25) is 4.68 Å². The Morgan fingerprint density at radius 3 is 2.70 bits per heavy atom. The summed E-state index contributed by atoms with van der Waals surface area (Å²) in [6.07, 6.45) is 13.5. The molecule has 1 heterocycles. The van der Waals surface area contributed by atoms with Gasteiger partial charge in [0.1, 0.15) is 0 Å². The highest BCUT2D eigenvalue weighted by molar-refractivity contribution is 5.57. The van der Waals surface area contributed by atoms with Crippen molar-refractivity contribution in [3.63, 3.8) is 0 Å². The van der Waals surface area contributed by atoms with Crippen LogP contribution in [0.3, 0.4) is 0 Å². The van der Waals surface area contributed by atoms with Crippen molar-refractivity contribution in [2.75, 3.05) is 0 Å². The third kappa shape index (κ3) is 2.82. The summed E-state index contributed by atoms with van der Waals surface area (Å²) in [6, 6.07) is 0. The summed E-state index contributed by atoms with van der Waals surface area (Å²) < 4.78 is 2.03. The quantitative estimate of drug-likeness (QED) is 0.683. The maximum atomic E-state index is 11.4. The zero-order valence-electron chi connectivity index (χ0n) is 19.1. The molecular weight excluding hydrogens is 372 g/mol. The molecule has 3 saturated carbocycles. The fourth-order valence-corrected chi connectivity index (χ4v) is 7.76. The Balaban J connectivity index is 1.47. The van der Waals surface area contributed by atoms with Crippen LogP contribution in [0, 0.1) is 35.5 Å². The highest BCUT2D eigenvalue weighted by Gasteiger charge is 2.59. The molecule has 0 bridgehead atoms. The molecule has 1 aromatic heterocycles. The molecule has 0 spiro atoms. The van der Waals surface area contributed by atoms with Crippen LogP contribution in [0.5, 0.6) is 0 Å². The second-order valence-electron chi connectivity index (χ2n) is 11.0. The van der Waals surface area contributed by atoms with Gasteiger partial charge in [0.25, 0.3) is 0 Å². The van der Waals surface area contributed by atoms with E-state index in [-0.39, 0.29) is 23.0 Å². The van der Waals surface area contributed by atoms with Crippen molar-refractivity contribution in [1.29, 1.82) is 0 Å². The Morgan fingerprint density at radius 2 is 1.97 bits per heavy atom. The Morgan fingerprint density at radius 1 is 1.17 bits per heavy atom. The number of aliphatic hydroxyl groups excluding tert-OH is 2. The summed E-state index contributed by atoms with van der Waals surface area (Å²) in [5.41, 5.74) is 5.30. The molecule has 2 N–H and O–H groups in total. The summed E-state index contributed by atoms with van der Waals surface area (Å²) in [4.78, 5) is 0. The first-order valence-corrected chi connectivity index (χ1v) is 12.1. The maximum Gasteiger partial charge on any atom is 0.0809 e. The Labute approximate surface area is 181 Å². The molecule has 164 valence electrons. The van der Waals surface area contributed by atoms with Crippen LogP contribution in [0.15, 0.2) is 23.4 Å². The van der Waals surface area contributed by atoms with E-state index in [1.807, 2.05) is 10.9 Å². The maximum absolute atomic E-state index is 11.4. The fourth-order valence-electron chi connectivity index (χ4n) is 7.76. The molecule has 3 fully saturated rings.